The molecule has 0 aliphatic carbocycles. The highest BCUT2D eigenvalue weighted by Gasteiger charge is 2.18. The number of anilines is 1. The van der Waals surface area contributed by atoms with Crippen LogP contribution in [0.15, 0.2) is 12.1 Å². The van der Waals surface area contributed by atoms with Gasteiger partial charge in [-0.25, -0.2) is 4.98 Å². The largest absolute Gasteiger partial charge is 0.370 e. The molecule has 2 heterocycles. The number of hydrogen-bond donors (Lipinski definition) is 1. The molecule has 1 aliphatic rings. The summed E-state index contributed by atoms with van der Waals surface area (Å²) in [5.41, 5.74) is 6.38. The van der Waals surface area contributed by atoms with Crippen molar-refractivity contribution in [3.63, 3.8) is 0 Å². The van der Waals surface area contributed by atoms with Crippen LogP contribution in [0.25, 0.3) is 0 Å². The highest BCUT2D eigenvalue weighted by atomic mass is 35.5. The van der Waals surface area contributed by atoms with Gasteiger partial charge in [0, 0.05) is 13.1 Å². The Hall–Kier alpha value is -1.29. The predicted octanol–water partition coefficient (Wildman–Crippen LogP) is 1.82. The summed E-state index contributed by atoms with van der Waals surface area (Å²) < 4.78 is 0. The predicted molar refractivity (Wildman–Crippen MR) is 63.8 cm³/mol. The molecule has 0 atom stereocenters. The van der Waals surface area contributed by atoms with Gasteiger partial charge in [-0.3, -0.25) is 4.79 Å². The number of hydrogen-bond acceptors (Lipinski definition) is 3. The van der Waals surface area contributed by atoms with Gasteiger partial charge in [0.15, 0.2) is 5.69 Å². The minimum absolute atomic E-state index is 0.273. The molecule has 16 heavy (non-hydrogen) atoms. The monoisotopic (exact) mass is 239 g/mol. The Morgan fingerprint density at radius 1 is 1.31 bits per heavy atom. The average molecular weight is 240 g/mol. The lowest BCUT2D eigenvalue weighted by molar-refractivity contribution is 0.0996. The first-order valence-corrected chi connectivity index (χ1v) is 5.77. The smallest absolute Gasteiger partial charge is 0.269 e. The number of pyridine rings is 1. The molecule has 4 nitrogen and oxygen atoms in total. The van der Waals surface area contributed by atoms with Gasteiger partial charge in [0.1, 0.15) is 5.15 Å². The van der Waals surface area contributed by atoms with Gasteiger partial charge in [-0.1, -0.05) is 11.6 Å². The van der Waals surface area contributed by atoms with Gasteiger partial charge in [-0.15, -0.1) is 0 Å². The number of nitrogens with zero attached hydrogens (tertiary/aromatic N) is 2. The molecule has 0 spiro atoms. The molecule has 1 aromatic heterocycles. The summed E-state index contributed by atoms with van der Waals surface area (Å²) in [7, 11) is 0. The van der Waals surface area contributed by atoms with Crippen molar-refractivity contribution in [2.24, 2.45) is 5.73 Å². The van der Waals surface area contributed by atoms with Crippen molar-refractivity contribution in [2.75, 3.05) is 18.0 Å². The Morgan fingerprint density at radius 2 is 2.00 bits per heavy atom. The van der Waals surface area contributed by atoms with Crippen LogP contribution in [-0.4, -0.2) is 24.0 Å². The maximum atomic E-state index is 11.3. The first-order valence-electron chi connectivity index (χ1n) is 5.40. The summed E-state index contributed by atoms with van der Waals surface area (Å²) in [5, 5.41) is 0.301. The summed E-state index contributed by atoms with van der Waals surface area (Å²) in [4.78, 5) is 17.4. The molecule has 0 aromatic carbocycles. The van der Waals surface area contributed by atoms with Crippen molar-refractivity contribution >= 4 is 23.2 Å². The lowest BCUT2D eigenvalue weighted by Crippen LogP contribution is -2.32. The first-order chi connectivity index (χ1) is 7.68. The van der Waals surface area contributed by atoms with E-state index in [4.69, 9.17) is 17.3 Å². The zero-order valence-electron chi connectivity index (χ0n) is 8.95. The second kappa shape index (κ2) is 4.70. The molecule has 0 unspecified atom stereocenters. The van der Waals surface area contributed by atoms with Crippen LogP contribution in [-0.2, 0) is 0 Å². The van der Waals surface area contributed by atoms with Gasteiger partial charge in [-0.05, 0) is 31.4 Å². The second-order valence-electron chi connectivity index (χ2n) is 3.91. The minimum Gasteiger partial charge on any atom is -0.370 e. The molecule has 1 saturated heterocycles. The van der Waals surface area contributed by atoms with Gasteiger partial charge in [0.25, 0.3) is 5.91 Å². The van der Waals surface area contributed by atoms with E-state index in [0.717, 1.165) is 31.6 Å². The van der Waals surface area contributed by atoms with E-state index < -0.39 is 5.91 Å². The third kappa shape index (κ3) is 2.27. The average Bonchev–Trinajstić information content (AvgIpc) is 2.30. The van der Waals surface area contributed by atoms with Gasteiger partial charge in [0.2, 0.25) is 0 Å². The Balaban J connectivity index is 2.34. The van der Waals surface area contributed by atoms with Crippen LogP contribution >= 0.6 is 11.6 Å². The number of carbonyl (C=O) groups is 1. The lowest BCUT2D eigenvalue weighted by atomic mass is 10.1. The minimum atomic E-state index is -0.525. The van der Waals surface area contributed by atoms with E-state index in [2.05, 4.69) is 9.88 Å². The van der Waals surface area contributed by atoms with Gasteiger partial charge < -0.3 is 10.6 Å². The topological polar surface area (TPSA) is 59.2 Å². The Kier molecular flexibility index (Phi) is 3.29. The van der Waals surface area contributed by atoms with Crippen molar-refractivity contribution < 1.29 is 4.79 Å². The van der Waals surface area contributed by atoms with Crippen molar-refractivity contribution in [3.05, 3.63) is 23.0 Å². The normalized spacial score (nSPS) is 16.2. The molecule has 2 N–H and O–H groups in total. The molecule has 0 saturated carbocycles. The SMILES string of the molecule is NC(=O)c1nc(Cl)ccc1N1CCCCC1. The molecule has 5 heteroatoms. The fraction of sp³-hybridized carbons (Fsp3) is 0.455. The maximum absolute atomic E-state index is 11.3. The molecule has 0 bridgehead atoms. The van der Waals surface area contributed by atoms with Crippen LogP contribution < -0.4 is 10.6 Å². The number of primary amides is 1. The van der Waals surface area contributed by atoms with Gasteiger partial charge in [-0.2, -0.15) is 0 Å². The van der Waals surface area contributed by atoms with Gasteiger partial charge in [0.05, 0.1) is 5.69 Å². The Bertz CT molecular complexity index is 402. The zero-order chi connectivity index (χ0) is 11.5. The molecule has 2 rings (SSSR count). The van der Waals surface area contributed by atoms with Crippen molar-refractivity contribution in [3.8, 4) is 0 Å². The molecule has 1 aromatic rings. The standard InChI is InChI=1S/C11H14ClN3O/c12-9-5-4-8(10(14-9)11(13)16)15-6-2-1-3-7-15/h4-5H,1-3,6-7H2,(H2,13,16). The molecule has 1 aliphatic heterocycles. The summed E-state index contributed by atoms with van der Waals surface area (Å²) in [5.74, 6) is -0.525. The van der Waals surface area contributed by atoms with E-state index in [1.807, 2.05) is 6.07 Å². The quantitative estimate of drug-likeness (QED) is 0.801. The summed E-state index contributed by atoms with van der Waals surface area (Å²) in [6.07, 6.45) is 3.52. The fourth-order valence-electron chi connectivity index (χ4n) is 2.00. The lowest BCUT2D eigenvalue weighted by Gasteiger charge is -2.29. The maximum Gasteiger partial charge on any atom is 0.269 e. The summed E-state index contributed by atoms with van der Waals surface area (Å²) >= 11 is 5.76. The van der Waals surface area contributed by atoms with E-state index in [1.165, 1.54) is 6.42 Å². The van der Waals surface area contributed by atoms with Crippen LogP contribution in [0, 0.1) is 0 Å². The molecule has 1 amide bonds. The summed E-state index contributed by atoms with van der Waals surface area (Å²) in [6, 6.07) is 3.51. The van der Waals surface area contributed by atoms with E-state index >= 15 is 0 Å². The number of amides is 1. The molecule has 1 fully saturated rings. The van der Waals surface area contributed by atoms with E-state index in [-0.39, 0.29) is 5.69 Å². The number of halogens is 1. The number of piperidine rings is 1. The number of nitrogens with two attached hydrogens (primary N) is 1. The van der Waals surface area contributed by atoms with E-state index in [0.29, 0.717) is 5.15 Å². The van der Waals surface area contributed by atoms with Crippen molar-refractivity contribution in [2.45, 2.75) is 19.3 Å². The fourth-order valence-corrected chi connectivity index (χ4v) is 2.15. The van der Waals surface area contributed by atoms with Crippen LogP contribution in [0.1, 0.15) is 29.8 Å². The molecule has 0 radical (unpaired) electrons. The van der Waals surface area contributed by atoms with E-state index in [9.17, 15) is 4.79 Å². The first kappa shape index (κ1) is 11.2. The highest BCUT2D eigenvalue weighted by molar-refractivity contribution is 6.29. The van der Waals surface area contributed by atoms with E-state index in [1.54, 1.807) is 6.07 Å². The highest BCUT2D eigenvalue weighted by Crippen LogP contribution is 2.24. The van der Waals surface area contributed by atoms with Crippen LogP contribution in [0.3, 0.4) is 0 Å². The number of rotatable bonds is 2. The Morgan fingerprint density at radius 3 is 2.62 bits per heavy atom. The van der Waals surface area contributed by atoms with Crippen LogP contribution in [0.4, 0.5) is 5.69 Å². The van der Waals surface area contributed by atoms with Crippen molar-refractivity contribution in [1.29, 1.82) is 0 Å². The Labute approximate surface area is 99.4 Å². The third-order valence-corrected chi connectivity index (χ3v) is 2.98. The molecular formula is C11H14ClN3O. The zero-order valence-corrected chi connectivity index (χ0v) is 9.70. The second-order valence-corrected chi connectivity index (χ2v) is 4.30. The van der Waals surface area contributed by atoms with Crippen molar-refractivity contribution in [1.82, 2.24) is 4.98 Å². The number of aromatic nitrogens is 1. The van der Waals surface area contributed by atoms with Gasteiger partial charge >= 0.3 is 0 Å². The third-order valence-electron chi connectivity index (χ3n) is 2.77. The summed E-state index contributed by atoms with van der Waals surface area (Å²) in [6.45, 7) is 1.90. The molecular weight excluding hydrogens is 226 g/mol. The number of carbonyl (C=O) groups excluding carboxylic acids is 1. The van der Waals surface area contributed by atoms with Crippen LogP contribution in [0.5, 0.6) is 0 Å². The molecule has 86 valence electrons. The van der Waals surface area contributed by atoms with Crippen LogP contribution in [0.2, 0.25) is 5.15 Å².